The topological polar surface area (TPSA) is 191 Å². The van der Waals surface area contributed by atoms with Crippen molar-refractivity contribution in [3.63, 3.8) is 0 Å². The minimum atomic E-state index is -0.490. The summed E-state index contributed by atoms with van der Waals surface area (Å²) in [5, 5.41) is 0. The molecule has 0 amide bonds. The van der Waals surface area contributed by atoms with Crippen LogP contribution in [0.25, 0.3) is 0 Å². The van der Waals surface area contributed by atoms with E-state index in [1.54, 1.807) is 23.4 Å². The van der Waals surface area contributed by atoms with Gasteiger partial charge in [-0.05, 0) is 71.0 Å². The first kappa shape index (κ1) is 37.9. The van der Waals surface area contributed by atoms with Crippen molar-refractivity contribution in [1.82, 2.24) is 19.1 Å². The van der Waals surface area contributed by atoms with E-state index in [4.69, 9.17) is 60.6 Å². The number of benzene rings is 4. The number of nitrogens with two attached hydrogens (primary N) is 3. The molecule has 6 rings (SSSR count). The van der Waals surface area contributed by atoms with Crippen molar-refractivity contribution in [2.75, 3.05) is 31.4 Å². The van der Waals surface area contributed by atoms with Crippen LogP contribution < -0.4 is 47.3 Å². The Morgan fingerprint density at radius 3 is 1.53 bits per heavy atom. The zero-order valence-electron chi connectivity index (χ0n) is 29.0. The molecule has 53 heavy (non-hydrogen) atoms. The lowest BCUT2D eigenvalue weighted by Crippen LogP contribution is -2.21. The third-order valence-corrected chi connectivity index (χ3v) is 8.60. The maximum absolute atomic E-state index is 11.6. The van der Waals surface area contributed by atoms with Crippen LogP contribution >= 0.6 is 24.4 Å². The molecule has 0 saturated heterocycles. The van der Waals surface area contributed by atoms with Crippen molar-refractivity contribution in [2.24, 2.45) is 0 Å². The second-order valence-corrected chi connectivity index (χ2v) is 12.4. The molecule has 0 radical (unpaired) electrons. The van der Waals surface area contributed by atoms with Gasteiger partial charge in [0.25, 0.3) is 11.1 Å². The van der Waals surface area contributed by atoms with Gasteiger partial charge in [0.2, 0.25) is 0 Å². The molecule has 0 atom stereocenters. The molecule has 0 aliphatic heterocycles. The molecule has 0 fully saturated rings. The Labute approximate surface area is 315 Å². The van der Waals surface area contributed by atoms with Gasteiger partial charge >= 0.3 is 0 Å². The lowest BCUT2D eigenvalue weighted by atomic mass is 10.2. The molecule has 2 aromatic heterocycles. The summed E-state index contributed by atoms with van der Waals surface area (Å²) in [4.78, 5) is 28.2. The zero-order chi connectivity index (χ0) is 37.9. The molecule has 0 aliphatic rings. The number of H-pyrrole nitrogens is 2. The maximum atomic E-state index is 11.6. The summed E-state index contributed by atoms with van der Waals surface area (Å²) in [7, 11) is 3.18. The van der Waals surface area contributed by atoms with Gasteiger partial charge in [-0.3, -0.25) is 24.1 Å². The smallest absolute Gasteiger partial charge is 0.277 e. The quantitative estimate of drug-likeness (QED) is 0.0946. The molecule has 4 aromatic carbocycles. The highest BCUT2D eigenvalue weighted by Gasteiger charge is 2.12. The Balaban J connectivity index is 0.000000204. The maximum Gasteiger partial charge on any atom is 0.277 e. The summed E-state index contributed by atoms with van der Waals surface area (Å²) in [6.45, 7) is 1.58. The van der Waals surface area contributed by atoms with Crippen LogP contribution in [-0.4, -0.2) is 33.3 Å². The van der Waals surface area contributed by atoms with Gasteiger partial charge < -0.3 is 40.7 Å². The van der Waals surface area contributed by atoms with Crippen molar-refractivity contribution >= 4 is 41.8 Å². The minimum Gasteiger partial charge on any atom is -0.493 e. The predicted molar refractivity (Wildman–Crippen MR) is 211 cm³/mol. The molecule has 0 unspecified atom stereocenters. The minimum absolute atomic E-state index is 0.0577. The summed E-state index contributed by atoms with van der Waals surface area (Å²) in [6.07, 6.45) is 0. The Morgan fingerprint density at radius 2 is 1.06 bits per heavy atom. The Kier molecular flexibility index (Phi) is 12.7. The van der Waals surface area contributed by atoms with Gasteiger partial charge in [0.15, 0.2) is 32.5 Å². The van der Waals surface area contributed by atoms with Crippen LogP contribution in [0.4, 0.5) is 17.3 Å². The number of anilines is 3. The number of ether oxygens (including phenoxy) is 4. The van der Waals surface area contributed by atoms with E-state index in [1.165, 1.54) is 6.07 Å². The first-order chi connectivity index (χ1) is 25.6. The van der Waals surface area contributed by atoms with E-state index in [9.17, 15) is 9.59 Å². The van der Waals surface area contributed by atoms with E-state index in [0.29, 0.717) is 55.1 Å². The molecule has 2 heterocycles. The van der Waals surface area contributed by atoms with Crippen LogP contribution in [0.2, 0.25) is 0 Å². The highest BCUT2D eigenvalue weighted by Crippen LogP contribution is 2.31. The van der Waals surface area contributed by atoms with E-state index in [0.717, 1.165) is 22.3 Å². The Morgan fingerprint density at radius 1 is 0.585 bits per heavy atom. The van der Waals surface area contributed by atoms with Crippen LogP contribution in [0.15, 0.2) is 113 Å². The van der Waals surface area contributed by atoms with E-state index in [1.807, 2.05) is 97.1 Å². The molecule has 0 aliphatic carbocycles. The average Bonchev–Trinajstić information content (AvgIpc) is 3.16. The molecular weight excluding hydrogens is 715 g/mol. The molecule has 6 aromatic rings. The normalized spacial score (nSPS) is 10.5. The largest absolute Gasteiger partial charge is 0.493 e. The summed E-state index contributed by atoms with van der Waals surface area (Å²) < 4.78 is 26.3. The number of hydrogen-bond acceptors (Lipinski definition) is 11. The number of aromatic nitrogens is 4. The molecule has 0 bridgehead atoms. The lowest BCUT2D eigenvalue weighted by molar-refractivity contribution is 0.284. The third kappa shape index (κ3) is 9.93. The third-order valence-electron chi connectivity index (χ3n) is 7.95. The second-order valence-electron chi connectivity index (χ2n) is 11.6. The number of nitrogen functional groups attached to an aromatic ring is 3. The van der Waals surface area contributed by atoms with Crippen LogP contribution in [-0.2, 0) is 26.3 Å². The van der Waals surface area contributed by atoms with Crippen LogP contribution in [0, 0.1) is 9.54 Å². The van der Waals surface area contributed by atoms with Gasteiger partial charge in [0, 0.05) is 6.07 Å². The number of aromatic amines is 2. The van der Waals surface area contributed by atoms with Crippen molar-refractivity contribution in [3.05, 3.63) is 156 Å². The van der Waals surface area contributed by atoms with Crippen molar-refractivity contribution in [3.8, 4) is 23.0 Å². The Hall–Kier alpha value is -6.32. The highest BCUT2D eigenvalue weighted by atomic mass is 32.1. The summed E-state index contributed by atoms with van der Waals surface area (Å²) in [5.41, 5.74) is 20.6. The lowest BCUT2D eigenvalue weighted by Gasteiger charge is -2.15. The van der Waals surface area contributed by atoms with Gasteiger partial charge in [-0.1, -0.05) is 72.8 Å². The van der Waals surface area contributed by atoms with E-state index >= 15 is 0 Å². The monoisotopic (exact) mass is 753 g/mol. The first-order valence-corrected chi connectivity index (χ1v) is 17.0. The molecular formula is C38H39N7O6S2. The molecule has 8 N–H and O–H groups in total. The van der Waals surface area contributed by atoms with Gasteiger partial charge in [0.1, 0.15) is 30.5 Å². The number of nitrogens with one attached hydrogen (secondary N) is 2. The van der Waals surface area contributed by atoms with Crippen molar-refractivity contribution < 1.29 is 18.9 Å². The zero-order valence-corrected chi connectivity index (χ0v) is 30.7. The van der Waals surface area contributed by atoms with Crippen molar-refractivity contribution in [2.45, 2.75) is 26.3 Å². The second kappa shape index (κ2) is 17.7. The van der Waals surface area contributed by atoms with Gasteiger partial charge in [-0.15, -0.1) is 0 Å². The summed E-state index contributed by atoms with van der Waals surface area (Å²) in [6, 6.07) is 32.2. The fourth-order valence-corrected chi connectivity index (χ4v) is 5.69. The van der Waals surface area contributed by atoms with Gasteiger partial charge in [-0.25, -0.2) is 0 Å². The fourth-order valence-electron chi connectivity index (χ4n) is 5.16. The summed E-state index contributed by atoms with van der Waals surface area (Å²) >= 11 is 10.4. The summed E-state index contributed by atoms with van der Waals surface area (Å²) in [5.74, 6) is 2.92. The molecule has 0 spiro atoms. The van der Waals surface area contributed by atoms with E-state index in [2.05, 4.69) is 9.97 Å². The van der Waals surface area contributed by atoms with Crippen molar-refractivity contribution in [1.29, 1.82) is 0 Å². The van der Waals surface area contributed by atoms with Crippen LogP contribution in [0.5, 0.6) is 23.0 Å². The number of methoxy groups -OCH3 is 2. The molecule has 0 saturated carbocycles. The Bertz CT molecular complexity index is 2410. The highest BCUT2D eigenvalue weighted by molar-refractivity contribution is 7.71. The number of nitrogens with zero attached hydrogens (tertiary/aromatic N) is 2. The predicted octanol–water partition coefficient (Wildman–Crippen LogP) is 5.83. The number of hydrogen-bond donors (Lipinski definition) is 5. The standard InChI is InChI=1S/C19H20N4O3S.C19H19N3O3S/c1-25-14-8-7-13(9-15(14)26-11-12-5-3-2-4-6-12)10-23-17(21)16(20)18(24)22-19(23)27;1-24-15-8-7-14(11-22-17(20)10-18(23)21-19(22)26)9-16(15)25-12-13-5-3-2-4-6-13/h2-9H,10-11,20-21H2,1H3,(H,22,24,27);2-10H,11-12,20H2,1H3,(H,21,23,26). The SMILES string of the molecule is COc1ccc(Cn2c(N)c(N)c(=O)[nH]c2=S)cc1OCc1ccccc1.COc1ccc(Cn2c(N)cc(=O)[nH]c2=S)cc1OCc1ccccc1. The first-order valence-electron chi connectivity index (χ1n) is 16.2. The van der Waals surface area contributed by atoms with Crippen LogP contribution in [0.1, 0.15) is 22.3 Å². The van der Waals surface area contributed by atoms with E-state index in [-0.39, 0.29) is 26.6 Å². The van der Waals surface area contributed by atoms with Gasteiger partial charge in [-0.2, -0.15) is 0 Å². The molecule has 15 heteroatoms. The average molecular weight is 754 g/mol. The fraction of sp³-hybridized carbons (Fsp3) is 0.158. The van der Waals surface area contributed by atoms with Crippen LogP contribution in [0.3, 0.4) is 0 Å². The van der Waals surface area contributed by atoms with Gasteiger partial charge in [0.05, 0.1) is 27.3 Å². The molecule has 13 nitrogen and oxygen atoms in total. The number of rotatable bonds is 12. The van der Waals surface area contributed by atoms with E-state index < -0.39 is 5.56 Å². The molecule has 274 valence electrons.